The minimum absolute atomic E-state index is 0.00389. The van der Waals surface area contributed by atoms with Crippen LogP contribution in [0.2, 0.25) is 0 Å². The normalized spacial score (nSPS) is 26.3. The van der Waals surface area contributed by atoms with Crippen molar-refractivity contribution in [1.82, 2.24) is 9.97 Å². The molecule has 6 nitrogen and oxygen atoms in total. The Morgan fingerprint density at radius 2 is 1.74 bits per heavy atom. The second kappa shape index (κ2) is 7.80. The molecule has 0 N–H and O–H groups in total. The zero-order chi connectivity index (χ0) is 24.6. The van der Waals surface area contributed by atoms with Crippen LogP contribution in [0, 0.1) is 0 Å². The zero-order valence-electron chi connectivity index (χ0n) is 20.7. The largest absolute Gasteiger partial charge is 0.487 e. The number of ether oxygens (including phenoxy) is 2. The van der Waals surface area contributed by atoms with Crippen LogP contribution in [0.4, 0.5) is 20.4 Å². The van der Waals surface area contributed by atoms with Crippen LogP contribution in [0.25, 0.3) is 0 Å². The van der Waals surface area contributed by atoms with E-state index in [9.17, 15) is 8.78 Å². The number of alkyl halides is 2. The van der Waals surface area contributed by atoms with Gasteiger partial charge in [-0.1, -0.05) is 34.3 Å². The lowest BCUT2D eigenvalue weighted by molar-refractivity contribution is 0.0210. The Morgan fingerprint density at radius 1 is 1.03 bits per heavy atom. The molecule has 186 valence electrons. The lowest BCUT2D eigenvalue weighted by Gasteiger charge is -2.37. The van der Waals surface area contributed by atoms with Crippen LogP contribution in [-0.2, 0) is 0 Å². The van der Waals surface area contributed by atoms with E-state index >= 15 is 0 Å². The number of hydrogen-bond acceptors (Lipinski definition) is 6. The van der Waals surface area contributed by atoms with Gasteiger partial charge in [0.25, 0.3) is 5.92 Å². The van der Waals surface area contributed by atoms with Gasteiger partial charge >= 0.3 is 0 Å². The van der Waals surface area contributed by atoms with E-state index in [0.29, 0.717) is 30.6 Å². The van der Waals surface area contributed by atoms with Gasteiger partial charge < -0.3 is 19.3 Å². The summed E-state index contributed by atoms with van der Waals surface area (Å²) in [5.41, 5.74) is 4.03. The van der Waals surface area contributed by atoms with E-state index in [1.807, 2.05) is 12.3 Å². The molecule has 8 heteroatoms. The number of rotatable bonds is 3. The molecule has 0 spiro atoms. The maximum atomic E-state index is 14.3. The third-order valence-electron chi connectivity index (χ3n) is 7.82. The first kappa shape index (κ1) is 22.6. The zero-order valence-corrected chi connectivity index (χ0v) is 20.7. The highest BCUT2D eigenvalue weighted by molar-refractivity contribution is 5.65. The molecule has 0 saturated carbocycles. The number of nitrogens with zero attached hydrogens (tertiary/aromatic N) is 4. The van der Waals surface area contributed by atoms with E-state index in [4.69, 9.17) is 14.5 Å². The topological polar surface area (TPSA) is 50.7 Å². The van der Waals surface area contributed by atoms with E-state index in [2.05, 4.69) is 50.2 Å². The molecule has 0 aromatic carbocycles. The van der Waals surface area contributed by atoms with Crippen molar-refractivity contribution < 1.29 is 18.3 Å². The predicted octanol–water partition coefficient (Wildman–Crippen LogP) is 5.25. The molecule has 2 unspecified atom stereocenters. The van der Waals surface area contributed by atoms with Crippen molar-refractivity contribution in [3.05, 3.63) is 47.3 Å². The number of pyridine rings is 2. The Kier molecular flexibility index (Phi) is 5.03. The van der Waals surface area contributed by atoms with Gasteiger partial charge in [0.15, 0.2) is 23.1 Å². The van der Waals surface area contributed by atoms with Crippen molar-refractivity contribution in [1.29, 1.82) is 0 Å². The maximum absolute atomic E-state index is 14.3. The number of hydrogen-bond donors (Lipinski definition) is 0. The number of fused-ring (bicyclic) bond motifs is 6. The highest BCUT2D eigenvalue weighted by Crippen LogP contribution is 2.50. The second-order valence-electron chi connectivity index (χ2n) is 10.9. The molecule has 3 atom stereocenters. The second-order valence-corrected chi connectivity index (χ2v) is 10.9. The molecule has 6 rings (SSSR count). The minimum Gasteiger partial charge on any atom is -0.487 e. The van der Waals surface area contributed by atoms with Gasteiger partial charge in [0.2, 0.25) is 0 Å². The van der Waals surface area contributed by atoms with Gasteiger partial charge in [-0.25, -0.2) is 18.7 Å². The summed E-state index contributed by atoms with van der Waals surface area (Å²) in [6, 6.07) is 3.75. The number of aromatic nitrogens is 2. The third-order valence-corrected chi connectivity index (χ3v) is 7.82. The fourth-order valence-electron chi connectivity index (χ4n) is 6.10. The standard InChI is InChI=1S/C27H32F2N4O2/c1-14(2)18-6-7-30-25-23(18)35-12-21-22(16(5)10-32(21)25)20-8-19(15(3)4)24-26(31-20)33-13-27(28,29)9-17(33)11-34-24/h6-8,14-15,17,21-22H,5,9-13H2,1-4H3/t17?,21-,22?/m1/s1. The number of halogens is 2. The lowest BCUT2D eigenvalue weighted by Crippen LogP contribution is -2.42. The molecule has 2 aromatic rings. The average Bonchev–Trinajstić information content (AvgIpc) is 3.32. The molecule has 35 heavy (non-hydrogen) atoms. The predicted molar refractivity (Wildman–Crippen MR) is 131 cm³/mol. The Labute approximate surface area is 204 Å². The molecule has 0 radical (unpaired) electrons. The van der Waals surface area contributed by atoms with Crippen molar-refractivity contribution >= 4 is 11.6 Å². The Balaban J connectivity index is 1.42. The molecule has 2 saturated heterocycles. The molecule has 4 aliphatic rings. The smallest absolute Gasteiger partial charge is 0.267 e. The molecule has 0 aliphatic carbocycles. The molecule has 0 amide bonds. The van der Waals surface area contributed by atoms with Gasteiger partial charge in [-0.2, -0.15) is 0 Å². The first-order valence-corrected chi connectivity index (χ1v) is 12.5. The van der Waals surface area contributed by atoms with Gasteiger partial charge in [0.05, 0.1) is 24.3 Å². The summed E-state index contributed by atoms with van der Waals surface area (Å²) in [5.74, 6) is 0.556. The first-order valence-electron chi connectivity index (χ1n) is 12.5. The molecule has 2 aromatic heterocycles. The summed E-state index contributed by atoms with van der Waals surface area (Å²) in [4.78, 5) is 13.7. The Hall–Kier alpha value is -2.90. The van der Waals surface area contributed by atoms with Crippen LogP contribution in [0.5, 0.6) is 11.5 Å². The van der Waals surface area contributed by atoms with Gasteiger partial charge in [-0.15, -0.1) is 0 Å². The van der Waals surface area contributed by atoms with Crippen molar-refractivity contribution in [3.8, 4) is 11.5 Å². The van der Waals surface area contributed by atoms with Crippen LogP contribution < -0.4 is 19.3 Å². The fraction of sp³-hybridized carbons (Fsp3) is 0.556. The molecule has 4 aliphatic heterocycles. The Morgan fingerprint density at radius 3 is 2.49 bits per heavy atom. The van der Waals surface area contributed by atoms with E-state index in [1.165, 1.54) is 0 Å². The summed E-state index contributed by atoms with van der Waals surface area (Å²) in [6.45, 7) is 14.0. The Bertz CT molecular complexity index is 1200. The molecule has 0 bridgehead atoms. The number of anilines is 2. The quantitative estimate of drug-likeness (QED) is 0.557. The average molecular weight is 483 g/mol. The fourth-order valence-corrected chi connectivity index (χ4v) is 6.10. The van der Waals surface area contributed by atoms with Crippen LogP contribution >= 0.6 is 0 Å². The van der Waals surface area contributed by atoms with Gasteiger partial charge in [0, 0.05) is 36.2 Å². The SMILES string of the molecule is C=C1CN2c3nccc(C(C)C)c3OC[C@@H]2C1c1cc(C(C)C)c2c(n1)N1CC(F)(F)CC1CO2. The lowest BCUT2D eigenvalue weighted by atomic mass is 9.89. The van der Waals surface area contributed by atoms with Gasteiger partial charge in [-0.05, 0) is 29.5 Å². The molecular formula is C27H32F2N4O2. The van der Waals surface area contributed by atoms with E-state index < -0.39 is 5.92 Å². The van der Waals surface area contributed by atoms with Crippen LogP contribution in [0.1, 0.15) is 68.7 Å². The summed E-state index contributed by atoms with van der Waals surface area (Å²) in [5, 5.41) is 0. The highest BCUT2D eigenvalue weighted by Gasteiger charge is 2.50. The van der Waals surface area contributed by atoms with Crippen molar-refractivity contribution in [2.45, 2.75) is 69.9 Å². The van der Waals surface area contributed by atoms with E-state index in [0.717, 1.165) is 34.0 Å². The molecule has 6 heterocycles. The van der Waals surface area contributed by atoms with Gasteiger partial charge in [-0.3, -0.25) is 0 Å². The first-order chi connectivity index (χ1) is 16.6. The van der Waals surface area contributed by atoms with Gasteiger partial charge in [0.1, 0.15) is 13.2 Å². The van der Waals surface area contributed by atoms with Crippen LogP contribution in [-0.4, -0.2) is 54.3 Å². The summed E-state index contributed by atoms with van der Waals surface area (Å²) >= 11 is 0. The third kappa shape index (κ3) is 3.47. The van der Waals surface area contributed by atoms with Crippen LogP contribution in [0.15, 0.2) is 30.5 Å². The molecular weight excluding hydrogens is 450 g/mol. The van der Waals surface area contributed by atoms with Crippen molar-refractivity contribution in [3.63, 3.8) is 0 Å². The monoisotopic (exact) mass is 482 g/mol. The molecule has 2 fully saturated rings. The van der Waals surface area contributed by atoms with E-state index in [1.54, 1.807) is 4.90 Å². The van der Waals surface area contributed by atoms with Crippen molar-refractivity contribution in [2.24, 2.45) is 0 Å². The summed E-state index contributed by atoms with van der Waals surface area (Å²) in [6.07, 6.45) is 1.64. The van der Waals surface area contributed by atoms with E-state index in [-0.39, 0.29) is 43.5 Å². The summed E-state index contributed by atoms with van der Waals surface area (Å²) < 4.78 is 41.1. The minimum atomic E-state index is -2.74. The maximum Gasteiger partial charge on any atom is 0.267 e. The van der Waals surface area contributed by atoms with Crippen molar-refractivity contribution in [2.75, 3.05) is 36.1 Å². The van der Waals surface area contributed by atoms with Crippen LogP contribution in [0.3, 0.4) is 0 Å². The highest BCUT2D eigenvalue weighted by atomic mass is 19.3. The summed E-state index contributed by atoms with van der Waals surface area (Å²) in [7, 11) is 0.